The lowest BCUT2D eigenvalue weighted by atomic mass is 9.83. The van der Waals surface area contributed by atoms with Crippen LogP contribution < -0.4 is 16.1 Å². The van der Waals surface area contributed by atoms with Gasteiger partial charge in [-0.15, -0.1) is 10.2 Å². The summed E-state index contributed by atoms with van der Waals surface area (Å²) in [6, 6.07) is 7.64. The zero-order chi connectivity index (χ0) is 24.8. The topological polar surface area (TPSA) is 134 Å². The largest absolute Gasteiger partial charge is 0.343 e. The number of amides is 3. The van der Waals surface area contributed by atoms with Gasteiger partial charge in [0, 0.05) is 12.1 Å². The van der Waals surface area contributed by atoms with Crippen LogP contribution in [0, 0.1) is 5.92 Å². The first-order valence-electron chi connectivity index (χ1n) is 12.4. The average Bonchev–Trinajstić information content (AvgIpc) is 3.57. The van der Waals surface area contributed by atoms with E-state index in [-0.39, 0.29) is 23.6 Å². The van der Waals surface area contributed by atoms with Gasteiger partial charge in [-0.25, -0.2) is 5.43 Å². The van der Waals surface area contributed by atoms with Gasteiger partial charge in [0.2, 0.25) is 17.6 Å². The molecule has 2 aromatic rings. The Kier molecular flexibility index (Phi) is 8.06. The first-order valence-corrected chi connectivity index (χ1v) is 12.4. The minimum Gasteiger partial charge on any atom is -0.343 e. The maximum atomic E-state index is 13.7. The Morgan fingerprint density at radius 1 is 1.03 bits per heavy atom. The molecule has 11 nitrogen and oxygen atoms in total. The van der Waals surface area contributed by atoms with Crippen LogP contribution in [-0.4, -0.2) is 74.7 Å². The summed E-state index contributed by atoms with van der Waals surface area (Å²) in [6.45, 7) is 2.23. The summed E-state index contributed by atoms with van der Waals surface area (Å²) in [5.41, 5.74) is 3.43. The van der Waals surface area contributed by atoms with Crippen LogP contribution in [0.3, 0.4) is 0 Å². The molecule has 2 aliphatic rings. The second kappa shape index (κ2) is 11.4. The van der Waals surface area contributed by atoms with Crippen LogP contribution in [0.15, 0.2) is 30.3 Å². The van der Waals surface area contributed by atoms with Crippen LogP contribution in [0.1, 0.15) is 51.9 Å². The van der Waals surface area contributed by atoms with Crippen LogP contribution in [-0.2, 0) is 14.4 Å². The molecule has 3 atom stereocenters. The fourth-order valence-electron chi connectivity index (χ4n) is 4.88. The Balaban J connectivity index is 1.46. The van der Waals surface area contributed by atoms with Gasteiger partial charge in [-0.05, 0) is 50.8 Å². The molecule has 0 unspecified atom stereocenters. The lowest BCUT2D eigenvalue weighted by Gasteiger charge is -2.35. The molecule has 188 valence electrons. The SMILES string of the molecule is CN[C@@H](C)C(=O)N[C@H](C(=O)N1CCC[C@H]1C(=O)Nn1nnc(-c2ccccc2)n1)C1CCCCC1. The van der Waals surface area contributed by atoms with Crippen molar-refractivity contribution >= 4 is 17.7 Å². The molecule has 1 aliphatic carbocycles. The van der Waals surface area contributed by atoms with Crippen molar-refractivity contribution in [3.05, 3.63) is 30.3 Å². The van der Waals surface area contributed by atoms with Gasteiger partial charge in [0.05, 0.1) is 6.04 Å². The van der Waals surface area contributed by atoms with Crippen molar-refractivity contribution in [2.75, 3.05) is 19.0 Å². The van der Waals surface area contributed by atoms with Crippen LogP contribution >= 0.6 is 0 Å². The molecule has 3 amide bonds. The summed E-state index contributed by atoms with van der Waals surface area (Å²) in [5.74, 6) is -0.312. The first kappa shape index (κ1) is 24.8. The molecular weight excluding hydrogens is 448 g/mol. The van der Waals surface area contributed by atoms with E-state index in [0.717, 1.165) is 42.6 Å². The minimum absolute atomic E-state index is 0.0685. The third kappa shape index (κ3) is 5.84. The number of benzene rings is 1. The maximum absolute atomic E-state index is 13.7. The number of likely N-dealkylation sites (N-methyl/N-ethyl adjacent to an activating group) is 1. The highest BCUT2D eigenvalue weighted by Gasteiger charge is 2.41. The monoisotopic (exact) mass is 482 g/mol. The number of aromatic nitrogens is 4. The van der Waals surface area contributed by atoms with E-state index in [1.54, 1.807) is 18.9 Å². The van der Waals surface area contributed by atoms with Gasteiger partial charge >= 0.3 is 0 Å². The van der Waals surface area contributed by atoms with Gasteiger partial charge in [0.15, 0.2) is 0 Å². The summed E-state index contributed by atoms with van der Waals surface area (Å²) in [6.07, 6.45) is 6.25. The number of carbonyl (C=O) groups is 3. The van der Waals surface area contributed by atoms with E-state index >= 15 is 0 Å². The van der Waals surface area contributed by atoms with Crippen LogP contribution in [0.2, 0.25) is 0 Å². The van der Waals surface area contributed by atoms with Crippen molar-refractivity contribution in [1.29, 1.82) is 0 Å². The Morgan fingerprint density at radius 3 is 2.49 bits per heavy atom. The molecular formula is C24H34N8O3. The lowest BCUT2D eigenvalue weighted by Crippen LogP contribution is -2.58. The predicted octanol–water partition coefficient (Wildman–Crippen LogP) is 1.07. The van der Waals surface area contributed by atoms with E-state index in [9.17, 15) is 14.4 Å². The smallest absolute Gasteiger partial charge is 0.264 e. The Bertz CT molecular complexity index is 1020. The summed E-state index contributed by atoms with van der Waals surface area (Å²) < 4.78 is 0. The van der Waals surface area contributed by atoms with Crippen molar-refractivity contribution in [3.63, 3.8) is 0 Å². The van der Waals surface area contributed by atoms with Gasteiger partial charge in [0.1, 0.15) is 12.1 Å². The van der Waals surface area contributed by atoms with Gasteiger partial charge in [-0.3, -0.25) is 14.4 Å². The molecule has 4 rings (SSSR count). The molecule has 1 aromatic heterocycles. The third-order valence-electron chi connectivity index (χ3n) is 7.01. The van der Waals surface area contributed by atoms with E-state index in [4.69, 9.17) is 0 Å². The minimum atomic E-state index is -0.654. The second-order valence-electron chi connectivity index (χ2n) is 9.33. The molecule has 3 N–H and O–H groups in total. The fraction of sp³-hybridized carbons (Fsp3) is 0.583. The Labute approximate surface area is 205 Å². The molecule has 1 saturated heterocycles. The number of hydrogen-bond acceptors (Lipinski definition) is 7. The predicted molar refractivity (Wildman–Crippen MR) is 129 cm³/mol. The molecule has 1 aliphatic heterocycles. The number of likely N-dealkylation sites (tertiary alicyclic amines) is 1. The quantitative estimate of drug-likeness (QED) is 0.512. The van der Waals surface area contributed by atoms with E-state index in [1.165, 1.54) is 0 Å². The van der Waals surface area contributed by atoms with Crippen molar-refractivity contribution in [3.8, 4) is 11.4 Å². The summed E-state index contributed by atoms with van der Waals surface area (Å²) in [7, 11) is 1.71. The number of rotatable bonds is 8. The van der Waals surface area contributed by atoms with Gasteiger partial charge in [0.25, 0.3) is 5.91 Å². The van der Waals surface area contributed by atoms with Crippen molar-refractivity contribution in [2.24, 2.45) is 5.92 Å². The van der Waals surface area contributed by atoms with Gasteiger partial charge in [-0.1, -0.05) is 54.5 Å². The average molecular weight is 483 g/mol. The van der Waals surface area contributed by atoms with Crippen LogP contribution in [0.4, 0.5) is 0 Å². The third-order valence-corrected chi connectivity index (χ3v) is 7.01. The maximum Gasteiger partial charge on any atom is 0.264 e. The number of nitrogens with zero attached hydrogens (tertiary/aromatic N) is 5. The van der Waals surface area contributed by atoms with Crippen LogP contribution in [0.25, 0.3) is 11.4 Å². The first-order chi connectivity index (χ1) is 17.0. The van der Waals surface area contributed by atoms with E-state index in [2.05, 4.69) is 31.5 Å². The number of carbonyl (C=O) groups excluding carboxylic acids is 3. The molecule has 0 spiro atoms. The summed E-state index contributed by atoms with van der Waals surface area (Å²) in [5, 5.41) is 18.1. The van der Waals surface area contributed by atoms with Gasteiger partial charge in [-0.2, -0.15) is 0 Å². The van der Waals surface area contributed by atoms with E-state index in [0.29, 0.717) is 25.2 Å². The second-order valence-corrected chi connectivity index (χ2v) is 9.33. The number of tetrazole rings is 1. The Hall–Kier alpha value is -3.34. The van der Waals surface area contributed by atoms with Gasteiger partial charge < -0.3 is 15.5 Å². The van der Waals surface area contributed by atoms with Crippen LogP contribution in [0.5, 0.6) is 0 Å². The standard InChI is InChI=1S/C24H34N8O3/c1-16(25-2)22(33)26-20(17-10-5-3-6-11-17)24(35)31-15-9-14-19(31)23(34)29-32-28-21(27-30-32)18-12-7-4-8-13-18/h4,7-8,12-13,16-17,19-20,25H,3,5-6,9-11,14-15H2,1-2H3,(H,26,33)(H,29,34)/t16-,19-,20-/m0/s1. The van der Waals surface area contributed by atoms with Crippen molar-refractivity contribution < 1.29 is 14.4 Å². The molecule has 2 fully saturated rings. The highest BCUT2D eigenvalue weighted by Crippen LogP contribution is 2.29. The molecule has 1 saturated carbocycles. The molecule has 35 heavy (non-hydrogen) atoms. The van der Waals surface area contributed by atoms with Crippen molar-refractivity contribution in [1.82, 2.24) is 35.8 Å². The molecule has 2 heterocycles. The van der Waals surface area contributed by atoms with E-state index in [1.807, 2.05) is 30.3 Å². The zero-order valence-electron chi connectivity index (χ0n) is 20.3. The molecule has 11 heteroatoms. The summed E-state index contributed by atoms with van der Waals surface area (Å²) >= 11 is 0. The number of nitrogens with one attached hydrogen (secondary N) is 3. The number of hydrogen-bond donors (Lipinski definition) is 3. The highest BCUT2D eigenvalue weighted by atomic mass is 16.2. The summed E-state index contributed by atoms with van der Waals surface area (Å²) in [4.78, 5) is 42.1. The Morgan fingerprint density at radius 2 is 1.77 bits per heavy atom. The zero-order valence-corrected chi connectivity index (χ0v) is 20.3. The molecule has 1 aromatic carbocycles. The fourth-order valence-corrected chi connectivity index (χ4v) is 4.88. The molecule has 0 radical (unpaired) electrons. The normalized spacial score (nSPS) is 20.3. The highest BCUT2D eigenvalue weighted by molar-refractivity contribution is 5.95. The lowest BCUT2D eigenvalue weighted by molar-refractivity contribution is -0.142. The van der Waals surface area contributed by atoms with E-state index < -0.39 is 18.1 Å². The van der Waals surface area contributed by atoms with Crippen molar-refractivity contribution in [2.45, 2.75) is 70.0 Å². The molecule has 0 bridgehead atoms.